The van der Waals surface area contributed by atoms with Gasteiger partial charge in [-0.2, -0.15) is 0 Å². The average Bonchev–Trinajstić information content (AvgIpc) is 3.00. The molecule has 0 fully saturated rings. The third kappa shape index (κ3) is 5.93. The van der Waals surface area contributed by atoms with Gasteiger partial charge in [0, 0.05) is 31.5 Å². The minimum Gasteiger partial charge on any atom is -0.467 e. The lowest BCUT2D eigenvalue weighted by atomic mass is 9.87. The Morgan fingerprint density at radius 1 is 1.15 bits per heavy atom. The number of nitrogens with zero attached hydrogens (tertiary/aromatic N) is 1. The van der Waals surface area contributed by atoms with E-state index in [1.54, 1.807) is 45.0 Å². The van der Waals surface area contributed by atoms with E-state index in [1.807, 2.05) is 0 Å². The van der Waals surface area contributed by atoms with Crippen LogP contribution in [0, 0.1) is 0 Å². The zero-order valence-electron chi connectivity index (χ0n) is 19.5. The highest BCUT2D eigenvalue weighted by molar-refractivity contribution is 6.06. The van der Waals surface area contributed by atoms with Crippen molar-refractivity contribution in [3.63, 3.8) is 0 Å². The maximum Gasteiger partial charge on any atom is 0.329 e. The Morgan fingerprint density at radius 2 is 1.79 bits per heavy atom. The predicted molar refractivity (Wildman–Crippen MR) is 115 cm³/mol. The molecule has 0 saturated carbocycles. The van der Waals surface area contributed by atoms with Crippen molar-refractivity contribution in [2.45, 2.75) is 58.3 Å². The summed E-state index contributed by atoms with van der Waals surface area (Å²) in [5.41, 5.74) is -1.90. The van der Waals surface area contributed by atoms with Crippen molar-refractivity contribution < 1.29 is 38.5 Å². The van der Waals surface area contributed by atoms with Crippen molar-refractivity contribution in [3.05, 3.63) is 29.8 Å². The second kappa shape index (κ2) is 10.1. The Labute approximate surface area is 191 Å². The van der Waals surface area contributed by atoms with Crippen LogP contribution in [0.25, 0.3) is 0 Å². The van der Waals surface area contributed by atoms with E-state index in [9.17, 15) is 24.0 Å². The van der Waals surface area contributed by atoms with E-state index < -0.39 is 59.8 Å². The normalized spacial score (nSPS) is 18.1. The van der Waals surface area contributed by atoms with Gasteiger partial charge in [-0.05, 0) is 26.8 Å². The first-order valence-corrected chi connectivity index (χ1v) is 10.2. The topological polar surface area (TPSA) is 140 Å². The highest BCUT2D eigenvalue weighted by atomic mass is 17.2. The number of carbonyl (C=O) groups is 5. The van der Waals surface area contributed by atoms with E-state index in [2.05, 4.69) is 10.6 Å². The highest BCUT2D eigenvalue weighted by Crippen LogP contribution is 2.43. The third-order valence-electron chi connectivity index (χ3n) is 4.77. The van der Waals surface area contributed by atoms with Gasteiger partial charge in [0.2, 0.25) is 23.3 Å². The summed E-state index contributed by atoms with van der Waals surface area (Å²) in [4.78, 5) is 74.2. The summed E-state index contributed by atoms with van der Waals surface area (Å²) >= 11 is 0. The lowest BCUT2D eigenvalue weighted by Crippen LogP contribution is -2.55. The number of anilines is 1. The smallest absolute Gasteiger partial charge is 0.329 e. The van der Waals surface area contributed by atoms with Crippen LogP contribution in [-0.2, 0) is 44.1 Å². The summed E-state index contributed by atoms with van der Waals surface area (Å²) in [6, 6.07) is 5.09. The summed E-state index contributed by atoms with van der Waals surface area (Å²) in [6.07, 6.45) is -0.482. The fraction of sp³-hybridized carbons (Fsp3) is 0.500. The quantitative estimate of drug-likeness (QED) is 0.331. The van der Waals surface area contributed by atoms with Crippen LogP contribution >= 0.6 is 0 Å². The molecule has 0 aliphatic carbocycles. The van der Waals surface area contributed by atoms with Gasteiger partial charge in [0.1, 0.15) is 6.04 Å². The monoisotopic (exact) mass is 463 g/mol. The zero-order valence-corrected chi connectivity index (χ0v) is 19.5. The Hall–Kier alpha value is -3.31. The van der Waals surface area contributed by atoms with E-state index in [0.29, 0.717) is 16.2 Å². The van der Waals surface area contributed by atoms with Crippen molar-refractivity contribution >= 4 is 35.3 Å². The molecule has 11 nitrogen and oxygen atoms in total. The van der Waals surface area contributed by atoms with Crippen LogP contribution in [0.4, 0.5) is 5.69 Å². The molecule has 0 bridgehead atoms. The summed E-state index contributed by atoms with van der Waals surface area (Å²) in [5, 5.41) is 4.98. The third-order valence-corrected chi connectivity index (χ3v) is 4.77. The summed E-state index contributed by atoms with van der Waals surface area (Å²) in [7, 11) is 1.09. The molecule has 1 aromatic rings. The van der Waals surface area contributed by atoms with E-state index in [1.165, 1.54) is 6.92 Å². The number of rotatable bonds is 8. The molecule has 0 saturated heterocycles. The number of benzene rings is 1. The van der Waals surface area contributed by atoms with Gasteiger partial charge in [-0.25, -0.2) is 14.6 Å². The van der Waals surface area contributed by atoms with Crippen molar-refractivity contribution in [1.82, 2.24) is 10.2 Å². The van der Waals surface area contributed by atoms with Gasteiger partial charge in [0.15, 0.2) is 0 Å². The number of methoxy groups -OCH3 is 1. The number of amides is 4. The molecule has 180 valence electrons. The van der Waals surface area contributed by atoms with E-state index >= 15 is 0 Å². The summed E-state index contributed by atoms with van der Waals surface area (Å²) in [6.45, 7) is 6.87. The van der Waals surface area contributed by atoms with Gasteiger partial charge < -0.3 is 15.4 Å². The molecular weight excluding hydrogens is 434 g/mol. The Kier molecular flexibility index (Phi) is 7.93. The van der Waals surface area contributed by atoms with Crippen LogP contribution in [0.15, 0.2) is 24.3 Å². The molecule has 1 aliphatic heterocycles. The summed E-state index contributed by atoms with van der Waals surface area (Å²) in [5.74, 6) is -3.72. The molecule has 4 amide bonds. The number of ether oxygens (including phenoxy) is 1. The number of carbonyl (C=O) groups excluding carboxylic acids is 5. The number of hydrogen-bond acceptors (Lipinski definition) is 8. The average molecular weight is 463 g/mol. The summed E-state index contributed by atoms with van der Waals surface area (Å²) < 4.78 is 4.84. The van der Waals surface area contributed by atoms with Crippen molar-refractivity contribution in [2.24, 2.45) is 0 Å². The zero-order chi connectivity index (χ0) is 25.0. The van der Waals surface area contributed by atoms with Crippen molar-refractivity contribution in [3.8, 4) is 0 Å². The molecule has 0 aromatic heterocycles. The standard InChI is InChI=1S/C22H29N3O8/c1-13(26)23-12-18(28)25(14(2)27)17(19(29)31-6)11-22(33-32-21(3,4)5)15-9-7-8-10-16(15)24-20(22)30/h7-10,17H,11-12H2,1-6H3,(H,23,26)(H,24,30)/t17-,22?/m0/s1. The van der Waals surface area contributed by atoms with E-state index in [0.717, 1.165) is 14.0 Å². The number of nitrogens with one attached hydrogen (secondary N) is 2. The Balaban J connectivity index is 2.56. The maximum absolute atomic E-state index is 13.2. The second-order valence-corrected chi connectivity index (χ2v) is 8.54. The number of fused-ring (bicyclic) bond motifs is 1. The first kappa shape index (κ1) is 25.9. The van der Waals surface area contributed by atoms with Gasteiger partial charge in [0.25, 0.3) is 5.91 Å². The first-order chi connectivity index (χ1) is 15.3. The van der Waals surface area contributed by atoms with Crippen LogP contribution in [0.5, 0.6) is 0 Å². The van der Waals surface area contributed by atoms with Crippen LogP contribution in [0.3, 0.4) is 0 Å². The van der Waals surface area contributed by atoms with Gasteiger partial charge in [-0.1, -0.05) is 18.2 Å². The lowest BCUT2D eigenvalue weighted by molar-refractivity contribution is -0.398. The molecule has 1 aliphatic rings. The largest absolute Gasteiger partial charge is 0.467 e. The van der Waals surface area contributed by atoms with Crippen LogP contribution in [0.1, 0.15) is 46.6 Å². The van der Waals surface area contributed by atoms with Crippen LogP contribution in [-0.4, -0.2) is 59.8 Å². The predicted octanol–water partition coefficient (Wildman–Crippen LogP) is 1.02. The number of para-hydroxylation sites is 1. The fourth-order valence-electron chi connectivity index (χ4n) is 3.35. The molecule has 2 rings (SSSR count). The maximum atomic E-state index is 13.2. The van der Waals surface area contributed by atoms with E-state index in [4.69, 9.17) is 14.5 Å². The van der Waals surface area contributed by atoms with Gasteiger partial charge in [-0.15, -0.1) is 0 Å². The lowest BCUT2D eigenvalue weighted by Gasteiger charge is -2.35. The van der Waals surface area contributed by atoms with Gasteiger partial charge in [-0.3, -0.25) is 24.1 Å². The first-order valence-electron chi connectivity index (χ1n) is 10.2. The highest BCUT2D eigenvalue weighted by Gasteiger charge is 2.54. The van der Waals surface area contributed by atoms with E-state index in [-0.39, 0.29) is 0 Å². The second-order valence-electron chi connectivity index (χ2n) is 8.54. The molecule has 0 radical (unpaired) electrons. The Morgan fingerprint density at radius 3 is 2.33 bits per heavy atom. The van der Waals surface area contributed by atoms with Crippen molar-refractivity contribution in [2.75, 3.05) is 19.0 Å². The van der Waals surface area contributed by atoms with Crippen LogP contribution < -0.4 is 10.6 Å². The molecular formula is C22H29N3O8. The minimum absolute atomic E-state index is 0.367. The molecule has 33 heavy (non-hydrogen) atoms. The number of imide groups is 1. The molecule has 2 N–H and O–H groups in total. The van der Waals surface area contributed by atoms with Crippen LogP contribution in [0.2, 0.25) is 0 Å². The SMILES string of the molecule is COC(=O)[C@H](CC1(OOC(C)(C)C)C(=O)Nc2ccccc21)N(C(C)=O)C(=O)CNC(C)=O. The van der Waals surface area contributed by atoms with Gasteiger partial charge >= 0.3 is 5.97 Å². The molecule has 2 atom stereocenters. The molecule has 0 spiro atoms. The van der Waals surface area contributed by atoms with Crippen molar-refractivity contribution in [1.29, 1.82) is 0 Å². The number of esters is 1. The molecule has 1 aromatic carbocycles. The molecule has 11 heteroatoms. The minimum atomic E-state index is -1.87. The molecule has 1 heterocycles. The number of hydrogen-bond donors (Lipinski definition) is 2. The Bertz CT molecular complexity index is 955. The van der Waals surface area contributed by atoms with Gasteiger partial charge in [0.05, 0.1) is 19.3 Å². The fourth-order valence-corrected chi connectivity index (χ4v) is 3.35. The molecule has 1 unspecified atom stereocenters.